The molecule has 0 bridgehead atoms. The van der Waals surface area contributed by atoms with Crippen molar-refractivity contribution in [1.82, 2.24) is 10.3 Å². The van der Waals surface area contributed by atoms with Crippen LogP contribution in [0.4, 0.5) is 5.69 Å². The molecule has 0 atom stereocenters. The van der Waals surface area contributed by atoms with Gasteiger partial charge in [0.1, 0.15) is 4.88 Å². The predicted octanol–water partition coefficient (Wildman–Crippen LogP) is 3.18. The Balaban J connectivity index is 1.82. The van der Waals surface area contributed by atoms with Crippen molar-refractivity contribution in [3.63, 3.8) is 0 Å². The highest BCUT2D eigenvalue weighted by Gasteiger charge is 2.16. The molecular formula is C14H13N3OS2. The molecule has 0 aliphatic carbocycles. The first-order chi connectivity index (χ1) is 9.66. The van der Waals surface area contributed by atoms with Gasteiger partial charge in [0.15, 0.2) is 0 Å². The number of hydrogen-bond acceptors (Lipinski definition) is 5. The summed E-state index contributed by atoms with van der Waals surface area (Å²) in [6.07, 6.45) is 3.41. The highest BCUT2D eigenvalue weighted by Crippen LogP contribution is 2.32. The maximum absolute atomic E-state index is 12.2. The number of aryl methyl sites for hydroxylation is 1. The lowest BCUT2D eigenvalue weighted by Gasteiger charge is -2.04. The second-order valence-electron chi connectivity index (χ2n) is 4.48. The van der Waals surface area contributed by atoms with E-state index < -0.39 is 0 Å². The van der Waals surface area contributed by atoms with Crippen molar-refractivity contribution in [2.24, 2.45) is 0 Å². The number of rotatable bonds is 3. The average molecular weight is 303 g/mol. The average Bonchev–Trinajstić information content (AvgIpc) is 3.01. The normalized spacial score (nSPS) is 10.8. The van der Waals surface area contributed by atoms with Gasteiger partial charge in [0.25, 0.3) is 5.91 Å². The lowest BCUT2D eigenvalue weighted by atomic mass is 10.2. The molecule has 0 spiro atoms. The van der Waals surface area contributed by atoms with Gasteiger partial charge in [0.05, 0.1) is 10.4 Å². The maximum Gasteiger partial charge on any atom is 0.263 e. The van der Waals surface area contributed by atoms with Crippen LogP contribution in [0, 0.1) is 6.92 Å². The van der Waals surface area contributed by atoms with Crippen molar-refractivity contribution in [2.75, 3.05) is 5.73 Å². The second kappa shape index (κ2) is 5.22. The number of carbonyl (C=O) groups is 1. The predicted molar refractivity (Wildman–Crippen MR) is 84.3 cm³/mol. The minimum Gasteiger partial charge on any atom is -0.397 e. The van der Waals surface area contributed by atoms with Crippen LogP contribution < -0.4 is 11.1 Å². The van der Waals surface area contributed by atoms with E-state index in [4.69, 9.17) is 5.73 Å². The van der Waals surface area contributed by atoms with Gasteiger partial charge in [-0.1, -0.05) is 0 Å². The molecule has 0 radical (unpaired) electrons. The van der Waals surface area contributed by atoms with Crippen LogP contribution in [0.1, 0.15) is 20.8 Å². The Kier molecular flexibility index (Phi) is 3.42. The molecule has 3 aromatic rings. The minimum absolute atomic E-state index is 0.130. The van der Waals surface area contributed by atoms with E-state index in [9.17, 15) is 4.79 Å². The first-order valence-corrected chi connectivity index (χ1v) is 7.84. The molecule has 102 valence electrons. The van der Waals surface area contributed by atoms with E-state index in [2.05, 4.69) is 15.7 Å². The zero-order valence-electron chi connectivity index (χ0n) is 10.8. The lowest BCUT2D eigenvalue weighted by molar-refractivity contribution is 0.0956. The molecule has 0 aliphatic heterocycles. The molecule has 0 aliphatic rings. The highest BCUT2D eigenvalue weighted by molar-refractivity contribution is 7.21. The molecule has 0 saturated heterocycles. The number of nitrogen functional groups attached to an aromatic ring is 1. The van der Waals surface area contributed by atoms with Gasteiger partial charge in [-0.3, -0.25) is 9.78 Å². The summed E-state index contributed by atoms with van der Waals surface area (Å²) in [7, 11) is 0. The van der Waals surface area contributed by atoms with E-state index in [0.717, 1.165) is 15.6 Å². The molecule has 6 heteroatoms. The number of fused-ring (bicyclic) bond motifs is 1. The van der Waals surface area contributed by atoms with Crippen molar-refractivity contribution in [2.45, 2.75) is 13.5 Å². The zero-order valence-corrected chi connectivity index (χ0v) is 12.5. The van der Waals surface area contributed by atoms with Crippen LogP contribution in [0.3, 0.4) is 0 Å². The summed E-state index contributed by atoms with van der Waals surface area (Å²) in [5.41, 5.74) is 8.92. The standard InChI is InChI=1S/C14H13N3OS2/c1-8-6-19-7-9(8)4-17-14(18)13-12(15)10-2-3-16-5-11(10)20-13/h2-3,5-7H,4,15H2,1H3,(H,17,18). The molecule has 0 unspecified atom stereocenters. The minimum atomic E-state index is -0.130. The third kappa shape index (κ3) is 2.28. The van der Waals surface area contributed by atoms with E-state index in [0.29, 0.717) is 17.1 Å². The van der Waals surface area contributed by atoms with E-state index >= 15 is 0 Å². The molecule has 3 rings (SSSR count). The summed E-state index contributed by atoms with van der Waals surface area (Å²) >= 11 is 3.02. The van der Waals surface area contributed by atoms with Gasteiger partial charge in [0, 0.05) is 24.3 Å². The van der Waals surface area contributed by atoms with Gasteiger partial charge >= 0.3 is 0 Å². The third-order valence-electron chi connectivity index (χ3n) is 3.14. The van der Waals surface area contributed by atoms with Gasteiger partial charge in [-0.15, -0.1) is 11.3 Å². The van der Waals surface area contributed by atoms with E-state index in [1.165, 1.54) is 16.9 Å². The van der Waals surface area contributed by atoms with Crippen molar-refractivity contribution >= 4 is 44.4 Å². The summed E-state index contributed by atoms with van der Waals surface area (Å²) in [4.78, 5) is 16.8. The van der Waals surface area contributed by atoms with Crippen LogP contribution in [0.25, 0.3) is 10.1 Å². The summed E-state index contributed by atoms with van der Waals surface area (Å²) in [6.45, 7) is 2.57. The fraction of sp³-hybridized carbons (Fsp3) is 0.143. The van der Waals surface area contributed by atoms with Crippen LogP contribution in [0.5, 0.6) is 0 Å². The van der Waals surface area contributed by atoms with Gasteiger partial charge in [-0.05, 0) is 34.9 Å². The van der Waals surface area contributed by atoms with Gasteiger partial charge < -0.3 is 11.1 Å². The van der Waals surface area contributed by atoms with E-state index in [1.54, 1.807) is 23.7 Å². The van der Waals surface area contributed by atoms with Crippen molar-refractivity contribution in [3.05, 3.63) is 45.2 Å². The Morgan fingerprint density at radius 1 is 1.45 bits per heavy atom. The molecule has 3 heterocycles. The van der Waals surface area contributed by atoms with Crippen molar-refractivity contribution in [3.8, 4) is 0 Å². The smallest absolute Gasteiger partial charge is 0.263 e. The van der Waals surface area contributed by atoms with Crippen LogP contribution in [0.15, 0.2) is 29.2 Å². The number of aromatic nitrogens is 1. The fourth-order valence-corrected chi connectivity index (χ4v) is 3.83. The first kappa shape index (κ1) is 13.1. The summed E-state index contributed by atoms with van der Waals surface area (Å²) in [5, 5.41) is 7.93. The number of nitrogens with two attached hydrogens (primary N) is 1. The number of anilines is 1. The van der Waals surface area contributed by atoms with E-state index in [1.807, 2.05) is 18.4 Å². The fourth-order valence-electron chi connectivity index (χ4n) is 1.96. The molecule has 3 N–H and O–H groups in total. The molecule has 4 nitrogen and oxygen atoms in total. The summed E-state index contributed by atoms with van der Waals surface area (Å²) in [5.74, 6) is -0.130. The van der Waals surface area contributed by atoms with Crippen LogP contribution in [-0.4, -0.2) is 10.9 Å². The van der Waals surface area contributed by atoms with Crippen molar-refractivity contribution < 1.29 is 4.79 Å². The zero-order chi connectivity index (χ0) is 14.1. The Morgan fingerprint density at radius 3 is 3.00 bits per heavy atom. The largest absolute Gasteiger partial charge is 0.397 e. The number of hydrogen-bond donors (Lipinski definition) is 2. The summed E-state index contributed by atoms with van der Waals surface area (Å²) in [6, 6.07) is 1.83. The second-order valence-corrected chi connectivity index (χ2v) is 6.28. The number of nitrogens with one attached hydrogen (secondary N) is 1. The molecule has 0 aromatic carbocycles. The van der Waals surface area contributed by atoms with E-state index in [-0.39, 0.29) is 5.91 Å². The molecule has 3 aromatic heterocycles. The molecule has 0 saturated carbocycles. The third-order valence-corrected chi connectivity index (χ3v) is 5.20. The number of thiophene rings is 2. The Labute approximate surface area is 124 Å². The number of carbonyl (C=O) groups excluding carboxylic acids is 1. The van der Waals surface area contributed by atoms with Crippen molar-refractivity contribution in [1.29, 1.82) is 0 Å². The lowest BCUT2D eigenvalue weighted by Crippen LogP contribution is -2.22. The highest BCUT2D eigenvalue weighted by atomic mass is 32.1. The molecule has 20 heavy (non-hydrogen) atoms. The molecular weight excluding hydrogens is 290 g/mol. The summed E-state index contributed by atoms with van der Waals surface area (Å²) < 4.78 is 0.932. The first-order valence-electron chi connectivity index (χ1n) is 6.08. The quantitative estimate of drug-likeness (QED) is 0.781. The SMILES string of the molecule is Cc1cscc1CNC(=O)c1sc2cnccc2c1N. The monoisotopic (exact) mass is 303 g/mol. The number of amides is 1. The Hall–Kier alpha value is -1.92. The topological polar surface area (TPSA) is 68.0 Å². The number of pyridine rings is 1. The van der Waals surface area contributed by atoms with Crippen LogP contribution in [0.2, 0.25) is 0 Å². The Bertz CT molecular complexity index is 776. The number of nitrogens with zero attached hydrogens (tertiary/aromatic N) is 1. The molecule has 1 amide bonds. The molecule has 0 fully saturated rings. The van der Waals surface area contributed by atoms with Gasteiger partial charge in [-0.25, -0.2) is 0 Å². The van der Waals surface area contributed by atoms with Gasteiger partial charge in [-0.2, -0.15) is 11.3 Å². The van der Waals surface area contributed by atoms with Crippen LogP contribution in [-0.2, 0) is 6.54 Å². The Morgan fingerprint density at radius 2 is 2.30 bits per heavy atom. The van der Waals surface area contributed by atoms with Gasteiger partial charge in [0.2, 0.25) is 0 Å². The van der Waals surface area contributed by atoms with Crippen LogP contribution >= 0.6 is 22.7 Å². The maximum atomic E-state index is 12.2.